The van der Waals surface area contributed by atoms with E-state index in [0.29, 0.717) is 0 Å². The zero-order valence-electron chi connectivity index (χ0n) is 10.1. The van der Waals surface area contributed by atoms with Crippen molar-refractivity contribution in [3.63, 3.8) is 0 Å². The molecule has 16 heavy (non-hydrogen) atoms. The molecule has 0 aromatic carbocycles. The third-order valence-corrected chi connectivity index (χ3v) is 1.30. The second-order valence-corrected chi connectivity index (χ2v) is 4.00. The van der Waals surface area contributed by atoms with Gasteiger partial charge in [-0.25, -0.2) is 10.2 Å². The number of hydrazine groups is 1. The molecule has 0 radical (unpaired) electrons. The van der Waals surface area contributed by atoms with Gasteiger partial charge in [-0.05, 0) is 20.8 Å². The number of nitrogens with zero attached hydrogens (tertiary/aromatic N) is 2. The zero-order chi connectivity index (χ0) is 12.6. The standard InChI is InChI=1S/C10H18N4O2/c1-10(2,3)16-9(15)13-14(7-5-11)8-6-12-4/h6,8,12H,7H2,1-4H3,(H,13,15)/b8-6-. The molecule has 0 fully saturated rings. The average Bonchev–Trinajstić information content (AvgIpc) is 2.11. The van der Waals surface area contributed by atoms with Crippen LogP contribution in [0.25, 0.3) is 0 Å². The number of hydrogen-bond acceptors (Lipinski definition) is 5. The van der Waals surface area contributed by atoms with E-state index >= 15 is 0 Å². The minimum Gasteiger partial charge on any atom is -0.443 e. The first-order valence-electron chi connectivity index (χ1n) is 4.86. The summed E-state index contributed by atoms with van der Waals surface area (Å²) in [5.74, 6) is 0. The Morgan fingerprint density at radius 1 is 1.56 bits per heavy atom. The normalized spacial score (nSPS) is 10.7. The third kappa shape index (κ3) is 7.50. The van der Waals surface area contributed by atoms with Crippen molar-refractivity contribution in [3.05, 3.63) is 12.4 Å². The van der Waals surface area contributed by atoms with Crippen LogP contribution in [-0.4, -0.2) is 30.3 Å². The van der Waals surface area contributed by atoms with Gasteiger partial charge in [0.05, 0.1) is 6.07 Å². The van der Waals surface area contributed by atoms with Crippen LogP contribution in [-0.2, 0) is 4.74 Å². The Morgan fingerprint density at radius 2 is 2.19 bits per heavy atom. The highest BCUT2D eigenvalue weighted by Crippen LogP contribution is 2.06. The molecule has 0 unspecified atom stereocenters. The van der Waals surface area contributed by atoms with E-state index in [1.165, 1.54) is 11.2 Å². The van der Waals surface area contributed by atoms with E-state index in [1.807, 2.05) is 6.07 Å². The molecular formula is C10H18N4O2. The van der Waals surface area contributed by atoms with Gasteiger partial charge in [0.1, 0.15) is 12.1 Å². The lowest BCUT2D eigenvalue weighted by molar-refractivity contribution is 0.0406. The first-order chi connectivity index (χ1) is 7.39. The lowest BCUT2D eigenvalue weighted by Gasteiger charge is -2.23. The third-order valence-electron chi connectivity index (χ3n) is 1.30. The highest BCUT2D eigenvalue weighted by Gasteiger charge is 2.17. The van der Waals surface area contributed by atoms with Crippen molar-refractivity contribution in [1.29, 1.82) is 5.26 Å². The Balaban J connectivity index is 4.24. The Morgan fingerprint density at radius 3 is 2.62 bits per heavy atom. The monoisotopic (exact) mass is 226 g/mol. The Hall–Kier alpha value is -1.90. The molecule has 2 N–H and O–H groups in total. The molecule has 0 saturated carbocycles. The molecule has 6 nitrogen and oxygen atoms in total. The van der Waals surface area contributed by atoms with Gasteiger partial charge in [-0.2, -0.15) is 5.26 Å². The fraction of sp³-hybridized carbons (Fsp3) is 0.600. The lowest BCUT2D eigenvalue weighted by Crippen LogP contribution is -2.42. The minimum atomic E-state index is -0.594. The summed E-state index contributed by atoms with van der Waals surface area (Å²) in [6.07, 6.45) is 2.53. The predicted molar refractivity (Wildman–Crippen MR) is 59.9 cm³/mol. The molecule has 0 aromatic rings. The molecule has 0 bridgehead atoms. The van der Waals surface area contributed by atoms with Crippen LogP contribution in [0.4, 0.5) is 4.79 Å². The summed E-state index contributed by atoms with van der Waals surface area (Å²) in [5, 5.41) is 12.6. The Labute approximate surface area is 95.8 Å². The topological polar surface area (TPSA) is 77.4 Å². The van der Waals surface area contributed by atoms with Crippen molar-refractivity contribution < 1.29 is 9.53 Å². The van der Waals surface area contributed by atoms with E-state index in [9.17, 15) is 4.79 Å². The van der Waals surface area contributed by atoms with Gasteiger partial charge in [0, 0.05) is 19.4 Å². The molecule has 1 amide bonds. The lowest BCUT2D eigenvalue weighted by atomic mass is 10.2. The van der Waals surface area contributed by atoms with Crippen LogP contribution in [0.1, 0.15) is 20.8 Å². The summed E-state index contributed by atoms with van der Waals surface area (Å²) in [4.78, 5) is 11.4. The summed E-state index contributed by atoms with van der Waals surface area (Å²) in [7, 11) is 1.72. The predicted octanol–water partition coefficient (Wildman–Crippen LogP) is 0.942. The smallest absolute Gasteiger partial charge is 0.426 e. The first-order valence-corrected chi connectivity index (χ1v) is 4.86. The van der Waals surface area contributed by atoms with Crippen LogP contribution in [0.15, 0.2) is 12.4 Å². The van der Waals surface area contributed by atoms with Gasteiger partial charge in [-0.3, -0.25) is 5.01 Å². The molecule has 90 valence electrons. The number of amides is 1. The number of hydrogen-bond donors (Lipinski definition) is 2. The molecule has 0 spiro atoms. The van der Waals surface area contributed by atoms with Gasteiger partial charge in [-0.15, -0.1) is 0 Å². The molecule has 0 atom stereocenters. The highest BCUT2D eigenvalue weighted by molar-refractivity contribution is 5.67. The number of nitriles is 1. The molecule has 6 heteroatoms. The molecular weight excluding hydrogens is 208 g/mol. The van der Waals surface area contributed by atoms with Crippen LogP contribution in [0, 0.1) is 11.3 Å². The molecule has 0 rings (SSSR count). The largest absolute Gasteiger partial charge is 0.443 e. The van der Waals surface area contributed by atoms with Crippen molar-refractivity contribution in [2.75, 3.05) is 13.6 Å². The molecule has 0 saturated heterocycles. The number of carbonyl (C=O) groups is 1. The van der Waals surface area contributed by atoms with Crippen molar-refractivity contribution in [3.8, 4) is 6.07 Å². The quantitative estimate of drug-likeness (QED) is 0.551. The van der Waals surface area contributed by atoms with Gasteiger partial charge < -0.3 is 10.1 Å². The van der Waals surface area contributed by atoms with Crippen LogP contribution in [0.3, 0.4) is 0 Å². The second-order valence-electron chi connectivity index (χ2n) is 4.00. The fourth-order valence-electron chi connectivity index (χ4n) is 0.788. The van der Waals surface area contributed by atoms with E-state index < -0.39 is 11.7 Å². The summed E-state index contributed by atoms with van der Waals surface area (Å²) in [6, 6.07) is 1.92. The Kier molecular flexibility index (Phi) is 5.78. The maximum absolute atomic E-state index is 11.4. The van der Waals surface area contributed by atoms with Crippen molar-refractivity contribution in [2.45, 2.75) is 26.4 Å². The van der Waals surface area contributed by atoms with Crippen LogP contribution >= 0.6 is 0 Å². The molecule has 0 aromatic heterocycles. The average molecular weight is 226 g/mol. The zero-order valence-corrected chi connectivity index (χ0v) is 10.1. The van der Waals surface area contributed by atoms with Crippen molar-refractivity contribution >= 4 is 6.09 Å². The number of carbonyl (C=O) groups excluding carboxylic acids is 1. The SMILES string of the molecule is CN/C=C\N(CC#N)NC(=O)OC(C)(C)C. The fourth-order valence-corrected chi connectivity index (χ4v) is 0.788. The highest BCUT2D eigenvalue weighted by atomic mass is 16.6. The molecule has 0 aliphatic rings. The summed E-state index contributed by atoms with van der Waals surface area (Å²) in [6.45, 7) is 5.34. The van der Waals surface area contributed by atoms with Gasteiger partial charge in [0.25, 0.3) is 0 Å². The Bertz CT molecular complexity index is 288. The van der Waals surface area contributed by atoms with E-state index in [-0.39, 0.29) is 6.54 Å². The van der Waals surface area contributed by atoms with E-state index in [4.69, 9.17) is 10.00 Å². The van der Waals surface area contributed by atoms with E-state index in [0.717, 1.165) is 0 Å². The number of ether oxygens (including phenoxy) is 1. The van der Waals surface area contributed by atoms with Crippen molar-refractivity contribution in [1.82, 2.24) is 15.8 Å². The maximum atomic E-state index is 11.4. The summed E-state index contributed by atoms with van der Waals surface area (Å²) in [5.41, 5.74) is 1.87. The first kappa shape index (κ1) is 14.1. The van der Waals surface area contributed by atoms with Crippen LogP contribution < -0.4 is 10.7 Å². The van der Waals surface area contributed by atoms with Gasteiger partial charge in [-0.1, -0.05) is 0 Å². The number of rotatable bonds is 4. The minimum absolute atomic E-state index is 0.0391. The maximum Gasteiger partial charge on any atom is 0.426 e. The number of nitrogens with one attached hydrogen (secondary N) is 2. The summed E-state index contributed by atoms with van der Waals surface area (Å²) < 4.78 is 5.04. The van der Waals surface area contributed by atoms with Gasteiger partial charge >= 0.3 is 6.09 Å². The molecule has 0 heterocycles. The van der Waals surface area contributed by atoms with E-state index in [2.05, 4.69) is 10.7 Å². The van der Waals surface area contributed by atoms with Crippen molar-refractivity contribution in [2.24, 2.45) is 0 Å². The molecule has 0 aliphatic carbocycles. The van der Waals surface area contributed by atoms with Crippen LogP contribution in [0.5, 0.6) is 0 Å². The second kappa shape index (κ2) is 6.56. The van der Waals surface area contributed by atoms with Gasteiger partial charge in [0.2, 0.25) is 0 Å². The summed E-state index contributed by atoms with van der Waals surface area (Å²) >= 11 is 0. The molecule has 0 aliphatic heterocycles. The van der Waals surface area contributed by atoms with E-state index in [1.54, 1.807) is 34.0 Å². The van der Waals surface area contributed by atoms with Crippen LogP contribution in [0.2, 0.25) is 0 Å². The van der Waals surface area contributed by atoms with Gasteiger partial charge in [0.15, 0.2) is 0 Å².